The van der Waals surface area contributed by atoms with Gasteiger partial charge in [-0.05, 0) is 65.8 Å². The van der Waals surface area contributed by atoms with Crippen LogP contribution in [0.1, 0.15) is 46.6 Å². The molecule has 0 saturated carbocycles. The minimum Gasteiger partial charge on any atom is -0.384 e. The number of hydrogen-bond acceptors (Lipinski definition) is 6. The fraction of sp³-hybridized carbons (Fsp3) is 0.282. The summed E-state index contributed by atoms with van der Waals surface area (Å²) in [7, 11) is 1.76. The Balaban J connectivity index is 1.06. The van der Waals surface area contributed by atoms with Gasteiger partial charge in [0.1, 0.15) is 17.9 Å². The van der Waals surface area contributed by atoms with Crippen LogP contribution in [0.25, 0.3) is 21.8 Å². The molecule has 0 aliphatic carbocycles. The highest BCUT2D eigenvalue weighted by Gasteiger charge is 2.49. The Morgan fingerprint density at radius 1 is 0.980 bits per heavy atom. The first-order chi connectivity index (χ1) is 24.2. The van der Waals surface area contributed by atoms with Crippen molar-refractivity contribution in [2.75, 3.05) is 13.1 Å². The zero-order valence-corrected chi connectivity index (χ0v) is 27.8. The number of amidine groups is 1. The minimum absolute atomic E-state index is 0.0886. The third-order valence-corrected chi connectivity index (χ3v) is 9.97. The zero-order chi connectivity index (χ0) is 34.9. The van der Waals surface area contributed by atoms with Crippen molar-refractivity contribution in [2.24, 2.45) is 12.8 Å². The molecule has 2 fully saturated rings. The van der Waals surface area contributed by atoms with E-state index in [-0.39, 0.29) is 36.4 Å². The van der Waals surface area contributed by atoms with E-state index in [2.05, 4.69) is 34.6 Å². The van der Waals surface area contributed by atoms with Crippen molar-refractivity contribution in [3.63, 3.8) is 0 Å². The molecule has 4 N–H and O–H groups in total. The summed E-state index contributed by atoms with van der Waals surface area (Å²) in [5.41, 5.74) is 9.55. The van der Waals surface area contributed by atoms with Gasteiger partial charge >= 0.3 is 0 Å². The Labute approximate surface area is 289 Å². The molecular formula is C39H39N7O4. The van der Waals surface area contributed by atoms with Crippen LogP contribution in [-0.2, 0) is 34.3 Å². The van der Waals surface area contributed by atoms with Gasteiger partial charge in [0.05, 0.1) is 23.6 Å². The van der Waals surface area contributed by atoms with E-state index >= 15 is 0 Å². The van der Waals surface area contributed by atoms with Crippen molar-refractivity contribution in [3.8, 4) is 0 Å². The number of para-hydroxylation sites is 2. The number of aromatic nitrogens is 2. The minimum atomic E-state index is -1.03. The Morgan fingerprint density at radius 3 is 2.56 bits per heavy atom. The highest BCUT2D eigenvalue weighted by Crippen LogP contribution is 2.30. The van der Waals surface area contributed by atoms with Crippen LogP contribution in [0.15, 0.2) is 91.0 Å². The van der Waals surface area contributed by atoms with Gasteiger partial charge in [0, 0.05) is 25.6 Å². The number of nitrogens with two attached hydrogens (primary N) is 1. The van der Waals surface area contributed by atoms with Crippen LogP contribution in [0.2, 0.25) is 0 Å². The summed E-state index contributed by atoms with van der Waals surface area (Å²) in [4.78, 5) is 62.9. The largest absolute Gasteiger partial charge is 0.384 e. The second-order valence-corrected chi connectivity index (χ2v) is 13.1. The molecule has 11 heteroatoms. The molecule has 5 aromatic rings. The number of carbonyl (C=O) groups excluding carboxylic acids is 4. The van der Waals surface area contributed by atoms with Crippen LogP contribution in [-0.4, -0.2) is 79.9 Å². The number of nitrogen functional groups attached to an aromatic ring is 1. The molecule has 3 atom stereocenters. The van der Waals surface area contributed by atoms with Gasteiger partial charge in [-0.1, -0.05) is 72.8 Å². The number of imidazole rings is 1. The molecule has 0 bridgehead atoms. The Morgan fingerprint density at radius 2 is 1.74 bits per heavy atom. The van der Waals surface area contributed by atoms with Gasteiger partial charge in [0.25, 0.3) is 0 Å². The highest BCUT2D eigenvalue weighted by molar-refractivity contribution is 6.04. The molecule has 50 heavy (non-hydrogen) atoms. The average Bonchev–Trinajstić information content (AvgIpc) is 3.72. The first kappa shape index (κ1) is 32.7. The number of ketones is 1. The Kier molecular flexibility index (Phi) is 8.88. The normalized spacial score (nSPS) is 18.0. The fourth-order valence-electron chi connectivity index (χ4n) is 7.45. The number of piperazine rings is 1. The molecule has 254 valence electrons. The van der Waals surface area contributed by atoms with Crippen LogP contribution < -0.4 is 11.1 Å². The van der Waals surface area contributed by atoms with Gasteiger partial charge in [0.2, 0.25) is 23.5 Å². The molecule has 3 heterocycles. The SMILES string of the molecule is Cn1c(C(=O)[C@H](Cc2cccc(C(=N)N)c2)NC(=O)[C@@H]2CC[C@H]3C(=O)N(CCCc4cccc5ccccc45)CC(=O)N23)nc2ccccc21. The maximum Gasteiger partial charge on any atom is 0.245 e. The third-order valence-electron chi connectivity index (χ3n) is 9.97. The van der Waals surface area contributed by atoms with Crippen molar-refractivity contribution in [1.29, 1.82) is 5.41 Å². The summed E-state index contributed by atoms with van der Waals surface area (Å²) in [5, 5.41) is 13.1. The predicted molar refractivity (Wildman–Crippen MR) is 191 cm³/mol. The Hall–Kier alpha value is -5.84. The number of fused-ring (bicyclic) bond motifs is 3. The van der Waals surface area contributed by atoms with Crippen LogP contribution in [0.4, 0.5) is 0 Å². The van der Waals surface area contributed by atoms with Gasteiger partial charge in [0.15, 0.2) is 5.82 Å². The molecule has 0 unspecified atom stereocenters. The molecular weight excluding hydrogens is 630 g/mol. The van der Waals surface area contributed by atoms with Gasteiger partial charge < -0.3 is 25.4 Å². The molecule has 0 spiro atoms. The van der Waals surface area contributed by atoms with Crippen molar-refractivity contribution in [2.45, 2.75) is 50.2 Å². The van der Waals surface area contributed by atoms with Gasteiger partial charge in [-0.2, -0.15) is 0 Å². The van der Waals surface area contributed by atoms with Crippen LogP contribution in [0.3, 0.4) is 0 Å². The molecule has 7 rings (SSSR count). The average molecular weight is 670 g/mol. The number of aryl methyl sites for hydroxylation is 2. The van der Waals surface area contributed by atoms with E-state index in [0.29, 0.717) is 42.5 Å². The van der Waals surface area contributed by atoms with E-state index in [1.54, 1.807) is 40.8 Å². The predicted octanol–water partition coefficient (Wildman–Crippen LogP) is 3.76. The fourth-order valence-corrected chi connectivity index (χ4v) is 7.45. The highest BCUT2D eigenvalue weighted by atomic mass is 16.2. The third kappa shape index (κ3) is 6.22. The maximum absolute atomic E-state index is 14.1. The molecule has 1 aromatic heterocycles. The number of nitrogens with one attached hydrogen (secondary N) is 2. The molecule has 3 amide bonds. The summed E-state index contributed by atoms with van der Waals surface area (Å²) in [6.07, 6.45) is 2.27. The lowest BCUT2D eigenvalue weighted by molar-refractivity contribution is -0.157. The second-order valence-electron chi connectivity index (χ2n) is 13.1. The van der Waals surface area contributed by atoms with E-state index in [1.165, 1.54) is 21.2 Å². The van der Waals surface area contributed by atoms with Crippen LogP contribution in [0.5, 0.6) is 0 Å². The first-order valence-corrected chi connectivity index (χ1v) is 17.0. The standard InChI is InChI=1S/C39H39N7O4/c1-44-31-17-5-4-16-29(31)42-37(44)35(48)30(22-24-9-6-13-27(21-24)36(40)41)43-38(49)32-18-19-33-39(50)45(23-34(47)46(32)33)20-8-14-26-12-7-11-25-10-2-3-15-28(25)26/h2-7,9-13,15-17,21,30,32-33H,8,14,18-20,22-23H2,1H3,(H3,40,41)(H,43,49)/t30-,32-,33-/m0/s1. The number of benzene rings is 4. The van der Waals surface area contributed by atoms with Crippen molar-refractivity contribution >= 4 is 51.1 Å². The van der Waals surface area contributed by atoms with E-state index in [9.17, 15) is 19.2 Å². The summed E-state index contributed by atoms with van der Waals surface area (Å²) in [6.45, 7) is 0.359. The molecule has 11 nitrogen and oxygen atoms in total. The number of nitrogens with zero attached hydrogens (tertiary/aromatic N) is 4. The lowest BCUT2D eigenvalue weighted by atomic mass is 9.99. The molecule has 0 radical (unpaired) electrons. The second kappa shape index (κ2) is 13.6. The number of Topliss-reactive ketones (excluding diaryl/α,β-unsaturated/α-hetero) is 1. The lowest BCUT2D eigenvalue weighted by Crippen LogP contribution is -2.62. The number of amides is 3. The monoisotopic (exact) mass is 669 g/mol. The lowest BCUT2D eigenvalue weighted by Gasteiger charge is -2.38. The molecule has 4 aromatic carbocycles. The zero-order valence-electron chi connectivity index (χ0n) is 27.8. The summed E-state index contributed by atoms with van der Waals surface area (Å²) >= 11 is 0. The molecule has 2 aliphatic heterocycles. The van der Waals surface area contributed by atoms with E-state index in [1.807, 2.05) is 42.5 Å². The summed E-state index contributed by atoms with van der Waals surface area (Å²) in [6, 6.07) is 26.2. The molecule has 2 saturated heterocycles. The van der Waals surface area contributed by atoms with Crippen LogP contribution in [0, 0.1) is 5.41 Å². The van der Waals surface area contributed by atoms with Gasteiger partial charge in [-0.15, -0.1) is 0 Å². The summed E-state index contributed by atoms with van der Waals surface area (Å²) in [5.74, 6) is -1.22. The summed E-state index contributed by atoms with van der Waals surface area (Å²) < 4.78 is 1.70. The van der Waals surface area contributed by atoms with E-state index in [4.69, 9.17) is 11.1 Å². The van der Waals surface area contributed by atoms with Crippen molar-refractivity contribution in [3.05, 3.63) is 114 Å². The van der Waals surface area contributed by atoms with E-state index < -0.39 is 29.8 Å². The van der Waals surface area contributed by atoms with Gasteiger partial charge in [-0.25, -0.2) is 4.98 Å². The molecule has 2 aliphatic rings. The quantitative estimate of drug-likeness (QED) is 0.111. The number of carbonyl (C=O) groups is 4. The maximum atomic E-state index is 14.1. The Bertz CT molecular complexity index is 2150. The van der Waals surface area contributed by atoms with Crippen molar-refractivity contribution in [1.82, 2.24) is 24.7 Å². The first-order valence-electron chi connectivity index (χ1n) is 17.0. The smallest absolute Gasteiger partial charge is 0.245 e. The van der Waals surface area contributed by atoms with Gasteiger partial charge in [-0.3, -0.25) is 24.6 Å². The topological polar surface area (TPSA) is 154 Å². The van der Waals surface area contributed by atoms with Crippen molar-refractivity contribution < 1.29 is 19.2 Å². The number of hydrogen-bond donors (Lipinski definition) is 3. The van der Waals surface area contributed by atoms with E-state index in [0.717, 1.165) is 11.9 Å². The van der Waals surface area contributed by atoms with Crippen LogP contribution >= 0.6 is 0 Å². The number of rotatable bonds is 11.